The molecule has 0 spiro atoms. The summed E-state index contributed by atoms with van der Waals surface area (Å²) in [4.78, 5) is 118. The van der Waals surface area contributed by atoms with Crippen LogP contribution in [-0.4, -0.2) is 141 Å². The zero-order chi connectivity index (χ0) is 45.9. The van der Waals surface area contributed by atoms with Gasteiger partial charge in [0.25, 0.3) is 0 Å². The number of phenolic OH excluding ortho intramolecular Hbond substituents is 1. The van der Waals surface area contributed by atoms with Crippen LogP contribution >= 0.6 is 0 Å². The maximum atomic E-state index is 14.2. The van der Waals surface area contributed by atoms with E-state index in [1.54, 1.807) is 20.9 Å². The normalized spacial score (nSPS) is 15.9. The Morgan fingerprint density at radius 3 is 2.08 bits per heavy atom. The lowest BCUT2D eigenvalue weighted by Crippen LogP contribution is -2.61. The largest absolute Gasteiger partial charge is 0.508 e. The number of amides is 7. The topological polar surface area (TPSA) is 372 Å². The number of benzene rings is 1. The molecule has 1 aromatic heterocycles. The number of likely N-dealkylation sites (tertiary alicyclic amines) is 1. The molecular weight excluding hydrogens is 811 g/mol. The number of aliphatic carboxylic acids is 1. The first-order valence-corrected chi connectivity index (χ1v) is 20.2. The molecule has 340 valence electrons. The summed E-state index contributed by atoms with van der Waals surface area (Å²) in [5.41, 5.74) is 17.3. The molecule has 1 saturated heterocycles. The number of nitrogens with zero attached hydrogens (tertiary/aromatic N) is 3. The summed E-state index contributed by atoms with van der Waals surface area (Å²) >= 11 is 0. The van der Waals surface area contributed by atoms with E-state index in [1.165, 1.54) is 41.7 Å². The number of guanidine groups is 1. The van der Waals surface area contributed by atoms with Crippen molar-refractivity contribution in [2.24, 2.45) is 28.1 Å². The van der Waals surface area contributed by atoms with Crippen LogP contribution in [0, 0.1) is 5.92 Å². The summed E-state index contributed by atoms with van der Waals surface area (Å²) in [6, 6.07) is -1.83. The monoisotopic (exact) mass is 869 g/mol. The van der Waals surface area contributed by atoms with Crippen molar-refractivity contribution < 1.29 is 48.6 Å². The fourth-order valence-corrected chi connectivity index (χ4v) is 6.73. The highest BCUT2D eigenvalue weighted by molar-refractivity contribution is 5.97. The van der Waals surface area contributed by atoms with Gasteiger partial charge in [-0.3, -0.25) is 43.3 Å². The van der Waals surface area contributed by atoms with Gasteiger partial charge in [-0.15, -0.1) is 0 Å². The standard InChI is InChI=1S/C39H59N13O10/c1-21(2)32(51-35(59)25(47-30(54)19-43-3)6-4-14-45-39(41)42)37(61)49-27(16-22-8-10-24(53)11-9-22)36(60)48-26(12-13-31(55)56)34(58)50-28(17-23-18-44-20-46-23)38(62)52-15-5-7-29(52)33(40)57/h8-11,18,20-21,25-29,32,43,53H,4-7,12-17,19H2,1-3H3,(H2,40,57)(H,44,46)(H,47,54)(H,48,60)(H,49,61)(H,50,58)(H,51,59)(H,55,56)(H4,41,42,45)/t25-,26-,27-,28-,29-,32-/m0/s1. The molecule has 1 aliphatic rings. The summed E-state index contributed by atoms with van der Waals surface area (Å²) in [6.07, 6.45) is 2.71. The number of aliphatic imine (C=N–C) groups is 1. The van der Waals surface area contributed by atoms with E-state index in [0.717, 1.165) is 0 Å². The number of hydrogen-bond acceptors (Lipinski definition) is 12. The summed E-state index contributed by atoms with van der Waals surface area (Å²) in [5, 5.41) is 35.2. The number of carbonyl (C=O) groups is 8. The molecule has 23 nitrogen and oxygen atoms in total. The second-order valence-electron chi connectivity index (χ2n) is 15.2. The number of carboxylic acids is 1. The summed E-state index contributed by atoms with van der Waals surface area (Å²) < 4.78 is 0. The van der Waals surface area contributed by atoms with Gasteiger partial charge in [0.05, 0.1) is 12.9 Å². The molecule has 0 bridgehead atoms. The minimum atomic E-state index is -1.55. The molecule has 3 rings (SSSR count). The van der Waals surface area contributed by atoms with Crippen molar-refractivity contribution in [1.82, 2.24) is 46.8 Å². The Morgan fingerprint density at radius 2 is 1.48 bits per heavy atom. The zero-order valence-electron chi connectivity index (χ0n) is 35.0. The molecule has 7 amide bonds. The third kappa shape index (κ3) is 16.0. The molecule has 1 aromatic carbocycles. The number of nitrogens with two attached hydrogens (primary N) is 3. The van der Waals surface area contributed by atoms with Gasteiger partial charge in [-0.2, -0.15) is 0 Å². The second kappa shape index (κ2) is 24.5. The van der Waals surface area contributed by atoms with E-state index >= 15 is 0 Å². The molecule has 1 aliphatic heterocycles. The highest BCUT2D eigenvalue weighted by Gasteiger charge is 2.39. The van der Waals surface area contributed by atoms with Gasteiger partial charge in [-0.25, -0.2) is 4.98 Å². The van der Waals surface area contributed by atoms with Crippen molar-refractivity contribution in [1.29, 1.82) is 0 Å². The number of aromatic hydroxyl groups is 1. The van der Waals surface area contributed by atoms with Gasteiger partial charge in [0, 0.05) is 44.2 Å². The Kier molecular flexibility index (Phi) is 19.6. The van der Waals surface area contributed by atoms with Gasteiger partial charge in [0.2, 0.25) is 41.4 Å². The van der Waals surface area contributed by atoms with E-state index < -0.39 is 102 Å². The Balaban J connectivity index is 1.91. The fourth-order valence-electron chi connectivity index (χ4n) is 6.73. The minimum Gasteiger partial charge on any atom is -0.508 e. The van der Waals surface area contributed by atoms with Crippen LogP contribution in [0.5, 0.6) is 5.75 Å². The molecule has 0 unspecified atom stereocenters. The molecule has 6 atom stereocenters. The van der Waals surface area contributed by atoms with Crippen molar-refractivity contribution >= 4 is 53.3 Å². The van der Waals surface area contributed by atoms with Crippen LogP contribution in [0.1, 0.15) is 63.6 Å². The first kappa shape index (κ1) is 49.6. The number of rotatable bonds is 25. The molecule has 2 aromatic rings. The number of hydrogen-bond donors (Lipinski definition) is 12. The number of aromatic amines is 1. The molecule has 23 heteroatoms. The van der Waals surface area contributed by atoms with Crippen LogP contribution in [0.25, 0.3) is 0 Å². The third-order valence-corrected chi connectivity index (χ3v) is 9.93. The van der Waals surface area contributed by atoms with Gasteiger partial charge in [-0.1, -0.05) is 26.0 Å². The van der Waals surface area contributed by atoms with Crippen LogP contribution in [0.2, 0.25) is 0 Å². The van der Waals surface area contributed by atoms with Crippen LogP contribution in [0.3, 0.4) is 0 Å². The van der Waals surface area contributed by atoms with Gasteiger partial charge >= 0.3 is 5.97 Å². The maximum Gasteiger partial charge on any atom is 0.303 e. The van der Waals surface area contributed by atoms with Crippen molar-refractivity contribution in [2.75, 3.05) is 26.7 Å². The first-order chi connectivity index (χ1) is 29.4. The highest BCUT2D eigenvalue weighted by atomic mass is 16.4. The molecule has 2 heterocycles. The Bertz CT molecular complexity index is 1890. The number of likely N-dealkylation sites (N-methyl/N-ethyl adjacent to an activating group) is 1. The molecule has 0 radical (unpaired) electrons. The van der Waals surface area contributed by atoms with Crippen molar-refractivity contribution in [2.45, 2.75) is 101 Å². The minimum absolute atomic E-state index is 0.0725. The van der Waals surface area contributed by atoms with E-state index in [9.17, 15) is 48.6 Å². The van der Waals surface area contributed by atoms with Crippen LogP contribution < -0.4 is 49.1 Å². The van der Waals surface area contributed by atoms with Crippen molar-refractivity contribution in [3.63, 3.8) is 0 Å². The van der Waals surface area contributed by atoms with E-state index in [0.29, 0.717) is 30.5 Å². The third-order valence-electron chi connectivity index (χ3n) is 9.93. The Hall–Kier alpha value is -6.78. The van der Waals surface area contributed by atoms with Gasteiger partial charge in [0.1, 0.15) is 42.0 Å². The summed E-state index contributed by atoms with van der Waals surface area (Å²) in [6.45, 7) is 3.56. The average molecular weight is 870 g/mol. The van der Waals surface area contributed by atoms with E-state index in [-0.39, 0.29) is 50.6 Å². The molecule has 62 heavy (non-hydrogen) atoms. The van der Waals surface area contributed by atoms with E-state index in [4.69, 9.17) is 17.2 Å². The number of carbonyl (C=O) groups excluding carboxylic acids is 7. The number of phenols is 1. The molecule has 0 saturated carbocycles. The number of aromatic nitrogens is 2. The number of H-pyrrole nitrogens is 1. The number of carboxylic acid groups (broad SMARTS) is 1. The van der Waals surface area contributed by atoms with Crippen LogP contribution in [-0.2, 0) is 51.2 Å². The van der Waals surface area contributed by atoms with E-state index in [1.807, 2.05) is 0 Å². The predicted octanol–water partition coefficient (Wildman–Crippen LogP) is -3.41. The number of imidazole rings is 1. The fraction of sp³-hybridized carbons (Fsp3) is 0.538. The number of primary amides is 1. The Morgan fingerprint density at radius 1 is 0.855 bits per heavy atom. The van der Waals surface area contributed by atoms with Crippen LogP contribution in [0.4, 0.5) is 0 Å². The zero-order valence-corrected chi connectivity index (χ0v) is 35.0. The molecule has 15 N–H and O–H groups in total. The maximum absolute atomic E-state index is 14.2. The quantitative estimate of drug-likeness (QED) is 0.0263. The van der Waals surface area contributed by atoms with Gasteiger partial charge in [-0.05, 0) is 62.8 Å². The van der Waals surface area contributed by atoms with E-state index in [2.05, 4.69) is 46.9 Å². The van der Waals surface area contributed by atoms with Gasteiger partial charge in [0.15, 0.2) is 5.96 Å². The lowest BCUT2D eigenvalue weighted by atomic mass is 9.99. The smallest absolute Gasteiger partial charge is 0.303 e. The van der Waals surface area contributed by atoms with Crippen LogP contribution in [0.15, 0.2) is 41.8 Å². The Labute approximate surface area is 358 Å². The summed E-state index contributed by atoms with van der Waals surface area (Å²) in [5.74, 6) is -7.27. The number of nitrogens with one attached hydrogen (secondary N) is 7. The lowest BCUT2D eigenvalue weighted by molar-refractivity contribution is -0.141. The van der Waals surface area contributed by atoms with Crippen molar-refractivity contribution in [3.05, 3.63) is 48.0 Å². The summed E-state index contributed by atoms with van der Waals surface area (Å²) in [7, 11) is 1.55. The molecule has 0 aliphatic carbocycles. The highest BCUT2D eigenvalue weighted by Crippen LogP contribution is 2.19. The van der Waals surface area contributed by atoms with Crippen molar-refractivity contribution in [3.8, 4) is 5.75 Å². The second-order valence-corrected chi connectivity index (χ2v) is 15.2. The van der Waals surface area contributed by atoms with Gasteiger partial charge < -0.3 is 69.2 Å². The first-order valence-electron chi connectivity index (χ1n) is 20.2. The molecule has 1 fully saturated rings. The lowest BCUT2D eigenvalue weighted by Gasteiger charge is -2.30. The SMILES string of the molecule is CNCC(=O)N[C@@H](CCCN=C(N)N)C(=O)N[C@H](C(=O)N[C@@H](Cc1ccc(O)cc1)C(=O)N[C@@H](CCC(=O)O)C(=O)N[C@@H](Cc1cnc[nH]1)C(=O)N1CCC[C@H]1C(N)=O)C(C)C. The average Bonchev–Trinajstić information content (AvgIpc) is 3.92. The predicted molar refractivity (Wildman–Crippen MR) is 223 cm³/mol. The molecular formula is C39H59N13O10.